The number of anilines is 2. The minimum Gasteiger partial charge on any atom is -0.312 e. The maximum atomic E-state index is 12.9. The summed E-state index contributed by atoms with van der Waals surface area (Å²) in [4.78, 5) is 57.3. The Morgan fingerprint density at radius 2 is 0.985 bits per heavy atom. The third-order valence-corrected chi connectivity index (χ3v) is 14.1. The molecule has 0 fully saturated rings. The molecule has 2 aliphatic rings. The quantitative estimate of drug-likeness (QED) is 0.111. The number of hydrogen-bond acceptors (Lipinski definition) is 12. The second-order valence-corrected chi connectivity index (χ2v) is 19.9. The third-order valence-electron chi connectivity index (χ3n) is 11.4. The third kappa shape index (κ3) is 10.5. The van der Waals surface area contributed by atoms with Crippen molar-refractivity contribution in [2.45, 2.75) is 88.1 Å². The van der Waals surface area contributed by atoms with Gasteiger partial charge in [0.2, 0.25) is 0 Å². The molecule has 2 aliphatic carbocycles. The highest BCUT2D eigenvalue weighted by Crippen LogP contribution is 2.39. The molecule has 18 nitrogen and oxygen atoms in total. The molecule has 0 atom stereocenters. The zero-order valence-electron chi connectivity index (χ0n) is 37.4. The van der Waals surface area contributed by atoms with Crippen molar-refractivity contribution in [1.82, 2.24) is 28.5 Å². The van der Waals surface area contributed by atoms with Crippen LogP contribution in [0.2, 0.25) is 0 Å². The van der Waals surface area contributed by atoms with E-state index in [0.29, 0.717) is 33.6 Å². The van der Waals surface area contributed by atoms with Gasteiger partial charge in [-0.25, -0.2) is 45.8 Å². The molecule has 0 aliphatic heterocycles. The van der Waals surface area contributed by atoms with Crippen molar-refractivity contribution in [1.29, 1.82) is 10.5 Å². The van der Waals surface area contributed by atoms with Crippen molar-refractivity contribution in [3.8, 4) is 34.4 Å². The summed E-state index contributed by atoms with van der Waals surface area (Å²) >= 11 is 0. The van der Waals surface area contributed by atoms with Crippen LogP contribution < -0.4 is 31.2 Å². The van der Waals surface area contributed by atoms with Crippen LogP contribution >= 0.6 is 0 Å². The summed E-state index contributed by atoms with van der Waals surface area (Å²) < 4.78 is 58.1. The molecular formula is C48H46N10O8S2. The summed E-state index contributed by atoms with van der Waals surface area (Å²) in [7, 11) is -8.46. The fourth-order valence-electron chi connectivity index (χ4n) is 8.15. The molecule has 4 heterocycles. The molecule has 348 valence electrons. The normalized spacial score (nSPS) is 12.8. The van der Waals surface area contributed by atoms with Crippen LogP contribution in [0.3, 0.4) is 0 Å². The van der Waals surface area contributed by atoms with Gasteiger partial charge in [-0.15, -0.1) is 0 Å². The number of amides is 4. The van der Waals surface area contributed by atoms with E-state index in [-0.39, 0.29) is 44.4 Å². The number of hydrogen-bond donors (Lipinski definition) is 4. The lowest BCUT2D eigenvalue weighted by molar-refractivity contribution is 0.255. The smallest absolute Gasteiger partial charge is 0.312 e. The molecule has 0 saturated carbocycles. The molecule has 68 heavy (non-hydrogen) atoms. The van der Waals surface area contributed by atoms with E-state index in [4.69, 9.17) is 0 Å². The fraction of sp³-hybridized carbons (Fsp3) is 0.250. The Kier molecular flexibility index (Phi) is 14.0. The molecule has 6 aromatic rings. The van der Waals surface area contributed by atoms with Crippen molar-refractivity contribution in [3.63, 3.8) is 0 Å². The van der Waals surface area contributed by atoms with E-state index in [1.807, 2.05) is 45.8 Å². The minimum absolute atomic E-state index is 0.192. The average Bonchev–Trinajstić information content (AvgIpc) is 4.00. The van der Waals surface area contributed by atoms with Gasteiger partial charge in [-0.2, -0.15) is 10.5 Å². The van der Waals surface area contributed by atoms with E-state index in [2.05, 4.69) is 20.6 Å². The maximum Gasteiger partial charge on any atom is 0.333 e. The largest absolute Gasteiger partial charge is 0.333 e. The van der Waals surface area contributed by atoms with Crippen LogP contribution in [0.15, 0.2) is 117 Å². The first-order valence-electron chi connectivity index (χ1n) is 21.5. The van der Waals surface area contributed by atoms with Crippen molar-refractivity contribution in [2.24, 2.45) is 0 Å². The molecule has 4 amide bonds. The highest BCUT2D eigenvalue weighted by molar-refractivity contribution is 7.90. The first-order chi connectivity index (χ1) is 32.4. The number of aromatic nitrogens is 4. The number of nitriles is 2. The molecule has 0 spiro atoms. The first kappa shape index (κ1) is 48.0. The number of nitrogens with one attached hydrogen (secondary N) is 4. The number of urea groups is 2. The zero-order chi connectivity index (χ0) is 48.9. The lowest BCUT2D eigenvalue weighted by atomic mass is 9.97. The summed E-state index contributed by atoms with van der Waals surface area (Å²) in [6.07, 6.45) is 10.5. The highest BCUT2D eigenvalue weighted by atomic mass is 32.2. The van der Waals surface area contributed by atoms with Crippen LogP contribution in [0.4, 0.5) is 21.0 Å². The van der Waals surface area contributed by atoms with Crippen LogP contribution in [-0.4, -0.2) is 48.0 Å². The average molecular weight is 955 g/mol. The SMILES string of the molecule is CC(C)n1cc(S(=O)(=O)NC(=O)Nc2c(-c3ccnc(C#N)c3)ccc3c2CCC3)ccc1=O.CC(C)n1cc(S(=O)(=O)NC(=O)Nc2c(-c3ccnc(C#N)c3)ccc3c2CCC3)ccc1=O. The van der Waals surface area contributed by atoms with E-state index in [9.17, 15) is 46.5 Å². The Balaban J connectivity index is 0.000000201. The van der Waals surface area contributed by atoms with Crippen LogP contribution in [0.5, 0.6) is 0 Å². The van der Waals surface area contributed by atoms with Crippen LogP contribution in [0.1, 0.15) is 86.3 Å². The molecule has 2 aromatic carbocycles. The van der Waals surface area contributed by atoms with Crippen LogP contribution in [0, 0.1) is 22.7 Å². The Morgan fingerprint density at radius 3 is 1.35 bits per heavy atom. The van der Waals surface area contributed by atoms with E-state index < -0.39 is 32.1 Å². The minimum atomic E-state index is -4.23. The van der Waals surface area contributed by atoms with Crippen molar-refractivity contribution in [2.75, 3.05) is 10.6 Å². The van der Waals surface area contributed by atoms with Gasteiger partial charge in [0.15, 0.2) is 0 Å². The fourth-order valence-corrected chi connectivity index (χ4v) is 9.97. The first-order valence-corrected chi connectivity index (χ1v) is 24.5. The van der Waals surface area contributed by atoms with Gasteiger partial charge in [0.25, 0.3) is 31.2 Å². The predicted molar refractivity (Wildman–Crippen MR) is 254 cm³/mol. The van der Waals surface area contributed by atoms with Gasteiger partial charge >= 0.3 is 12.1 Å². The number of sulfonamides is 2. The van der Waals surface area contributed by atoms with Crippen molar-refractivity contribution < 1.29 is 26.4 Å². The van der Waals surface area contributed by atoms with Crippen LogP contribution in [-0.2, 0) is 45.7 Å². The van der Waals surface area contributed by atoms with Gasteiger partial charge in [0.05, 0.1) is 11.4 Å². The summed E-state index contributed by atoms with van der Waals surface area (Å²) in [6.45, 7) is 7.02. The monoisotopic (exact) mass is 954 g/mol. The van der Waals surface area contributed by atoms with Gasteiger partial charge in [0.1, 0.15) is 33.3 Å². The second kappa shape index (κ2) is 19.9. The van der Waals surface area contributed by atoms with E-state index in [1.54, 1.807) is 52.0 Å². The predicted octanol–water partition coefficient (Wildman–Crippen LogP) is 6.72. The number of nitrogens with zero attached hydrogens (tertiary/aromatic N) is 6. The number of carbonyl (C=O) groups is 2. The Labute approximate surface area is 392 Å². The van der Waals surface area contributed by atoms with Crippen LogP contribution in [0.25, 0.3) is 22.3 Å². The summed E-state index contributed by atoms with van der Waals surface area (Å²) in [5.74, 6) is 0. The highest BCUT2D eigenvalue weighted by Gasteiger charge is 2.26. The van der Waals surface area contributed by atoms with E-state index >= 15 is 0 Å². The lowest BCUT2D eigenvalue weighted by Crippen LogP contribution is -2.35. The van der Waals surface area contributed by atoms with Gasteiger partial charge in [0, 0.05) is 60.1 Å². The van der Waals surface area contributed by atoms with Gasteiger partial charge in [-0.1, -0.05) is 24.3 Å². The number of rotatable bonds is 10. The number of pyridine rings is 4. The summed E-state index contributed by atoms with van der Waals surface area (Å²) in [5, 5.41) is 23.9. The molecule has 8 rings (SSSR count). The van der Waals surface area contributed by atoms with Gasteiger partial charge < -0.3 is 19.8 Å². The number of benzene rings is 2. The Hall–Kier alpha value is -7.94. The number of aryl methyl sites for hydroxylation is 2. The standard InChI is InChI=1S/2C24H23N5O4S/c2*1-15(2)29-14-19(7-9-22(29)30)34(32,33)28-24(31)27-23-20-5-3-4-16(20)6-8-21(23)17-10-11-26-18(12-17)13-25/h2*6-12,14-15H,3-5H2,1-2H3,(H2,27,28,31). The molecule has 0 radical (unpaired) electrons. The molecule has 0 unspecified atom stereocenters. The summed E-state index contributed by atoms with van der Waals surface area (Å²) in [5.41, 5.74) is 7.55. The van der Waals surface area contributed by atoms with E-state index in [1.165, 1.54) is 46.1 Å². The van der Waals surface area contributed by atoms with Gasteiger partial charge in [-0.3, -0.25) is 9.59 Å². The maximum absolute atomic E-state index is 12.9. The van der Waals surface area contributed by atoms with Crippen molar-refractivity contribution in [3.05, 3.63) is 152 Å². The topological polar surface area (TPSA) is 268 Å². The van der Waals surface area contributed by atoms with Crippen molar-refractivity contribution >= 4 is 43.5 Å². The Bertz CT molecular complexity index is 3200. The van der Waals surface area contributed by atoms with Gasteiger partial charge in [-0.05, 0) is 136 Å². The molecule has 4 N–H and O–H groups in total. The molecule has 0 bridgehead atoms. The molecular weight excluding hydrogens is 909 g/mol. The Morgan fingerprint density at radius 1 is 0.588 bits per heavy atom. The molecule has 20 heteroatoms. The second-order valence-electron chi connectivity index (χ2n) is 16.6. The zero-order valence-corrected chi connectivity index (χ0v) is 39.0. The summed E-state index contributed by atoms with van der Waals surface area (Å²) in [6, 6.07) is 20.7. The number of carbonyl (C=O) groups excluding carboxylic acids is 2. The van der Waals surface area contributed by atoms with E-state index in [0.717, 1.165) is 72.9 Å². The number of fused-ring (bicyclic) bond motifs is 2. The molecule has 0 saturated heterocycles. The molecule has 4 aromatic heterocycles. The lowest BCUT2D eigenvalue weighted by Gasteiger charge is -2.17.